The van der Waals surface area contributed by atoms with E-state index in [2.05, 4.69) is 166 Å². The average Bonchev–Trinajstić information content (AvgIpc) is 3.62. The van der Waals surface area contributed by atoms with Crippen LogP contribution in [-0.4, -0.2) is 8.07 Å². The van der Waals surface area contributed by atoms with Gasteiger partial charge in [0.1, 0.15) is 0 Å². The summed E-state index contributed by atoms with van der Waals surface area (Å²) >= 11 is 0. The summed E-state index contributed by atoms with van der Waals surface area (Å²) in [5.41, 5.74) is 18.5. The molecule has 0 fully saturated rings. The fraction of sp³-hybridized carbons (Fsp3) is 0.364. The number of fused-ring (bicyclic) bond motifs is 2. The second-order valence-electron chi connectivity index (χ2n) is 15.5. The first-order valence-corrected chi connectivity index (χ1v) is 20.4. The van der Waals surface area contributed by atoms with Gasteiger partial charge in [0.05, 0.1) is 8.07 Å². The summed E-state index contributed by atoms with van der Waals surface area (Å²) in [6.07, 6.45) is 5.18. The van der Waals surface area contributed by atoms with Crippen molar-refractivity contribution in [2.45, 2.75) is 91.4 Å². The van der Waals surface area contributed by atoms with Crippen LogP contribution in [0.3, 0.4) is 0 Å². The summed E-state index contributed by atoms with van der Waals surface area (Å²) in [5.74, 6) is 2.09. The Kier molecular flexibility index (Phi) is 8.46. The van der Waals surface area contributed by atoms with Crippen molar-refractivity contribution in [3.8, 4) is 22.3 Å². The van der Waals surface area contributed by atoms with E-state index in [0.717, 1.165) is 0 Å². The molecular weight excluding hydrogens is 557 g/mol. The highest BCUT2D eigenvalue weighted by Gasteiger charge is 2.49. The molecule has 2 aliphatic carbocycles. The molecule has 45 heavy (non-hydrogen) atoms. The fourth-order valence-electron chi connectivity index (χ4n) is 8.28. The van der Waals surface area contributed by atoms with Crippen LogP contribution in [0.15, 0.2) is 96.1 Å². The van der Waals surface area contributed by atoms with E-state index >= 15 is 0 Å². The van der Waals surface area contributed by atoms with Gasteiger partial charge in [0, 0.05) is 11.1 Å². The second kappa shape index (κ2) is 12.1. The van der Waals surface area contributed by atoms with Crippen LogP contribution in [0.2, 0.25) is 13.1 Å². The summed E-state index contributed by atoms with van der Waals surface area (Å²) in [4.78, 5) is 0. The van der Waals surface area contributed by atoms with Crippen LogP contribution in [0.1, 0.15) is 112 Å². The molecule has 0 bridgehead atoms. The lowest BCUT2D eigenvalue weighted by Gasteiger charge is -2.41. The molecule has 0 N–H and O–H groups in total. The Morgan fingerprint density at radius 2 is 0.800 bits per heavy atom. The number of benzene rings is 4. The molecule has 1 heteroatoms. The van der Waals surface area contributed by atoms with Crippen molar-refractivity contribution >= 4 is 20.2 Å². The van der Waals surface area contributed by atoms with Crippen molar-refractivity contribution in [3.05, 3.63) is 129 Å². The first-order chi connectivity index (χ1) is 21.4. The predicted molar refractivity (Wildman–Crippen MR) is 201 cm³/mol. The zero-order chi connectivity index (χ0) is 32.2. The normalized spacial score (nSPS) is 17.7. The van der Waals surface area contributed by atoms with Crippen LogP contribution >= 0.6 is 0 Å². The molecule has 0 nitrogen and oxygen atoms in total. The second-order valence-corrected chi connectivity index (χ2v) is 20.3. The molecule has 232 valence electrons. The third-order valence-corrected chi connectivity index (χ3v) is 15.1. The van der Waals surface area contributed by atoms with Gasteiger partial charge in [0.2, 0.25) is 0 Å². The van der Waals surface area contributed by atoms with Crippen molar-refractivity contribution in [1.29, 1.82) is 0 Å². The summed E-state index contributed by atoms with van der Waals surface area (Å²) in [6.45, 7) is 24.1. The van der Waals surface area contributed by atoms with E-state index in [1.807, 2.05) is 0 Å². The summed E-state index contributed by atoms with van der Waals surface area (Å²) < 4.78 is 0. The molecule has 0 saturated carbocycles. The maximum absolute atomic E-state index is 2.69. The standard InChI is InChI=1S/C44H52Si/c1-27(2)31-17-21-33(22-18-31)35-13-11-15-37-41(35)25-39(29(5)6)43(37)45(9,10)44-38-16-12-14-36(42(38)26-40(44)30(7)8)34-23-19-32(20-24-34)28(3)4/h11-30,43-44H,1-10H3. The summed E-state index contributed by atoms with van der Waals surface area (Å²) in [5, 5.41) is 0. The van der Waals surface area contributed by atoms with Gasteiger partial charge in [-0.3, -0.25) is 0 Å². The Morgan fingerprint density at radius 3 is 1.11 bits per heavy atom. The van der Waals surface area contributed by atoms with Crippen LogP contribution in [0.25, 0.3) is 34.4 Å². The lowest BCUT2D eigenvalue weighted by molar-refractivity contribution is 0.709. The molecule has 0 amide bonds. The van der Waals surface area contributed by atoms with Gasteiger partial charge in [-0.1, -0.05) is 177 Å². The molecule has 2 atom stereocenters. The fourth-order valence-corrected chi connectivity index (χ4v) is 13.3. The first-order valence-electron chi connectivity index (χ1n) is 17.3. The van der Waals surface area contributed by atoms with Crippen LogP contribution in [0.5, 0.6) is 0 Å². The predicted octanol–water partition coefficient (Wildman–Crippen LogP) is 13.0. The van der Waals surface area contributed by atoms with Crippen molar-refractivity contribution in [2.24, 2.45) is 11.8 Å². The molecule has 6 rings (SSSR count). The Morgan fingerprint density at radius 1 is 0.444 bits per heavy atom. The van der Waals surface area contributed by atoms with Gasteiger partial charge < -0.3 is 0 Å². The van der Waals surface area contributed by atoms with Crippen LogP contribution in [0.4, 0.5) is 0 Å². The zero-order valence-electron chi connectivity index (χ0n) is 29.2. The van der Waals surface area contributed by atoms with Crippen LogP contribution in [-0.2, 0) is 0 Å². The Bertz CT molecular complexity index is 1630. The number of hydrogen-bond acceptors (Lipinski definition) is 0. The molecule has 0 saturated heterocycles. The molecule has 4 aromatic carbocycles. The minimum absolute atomic E-state index is 0.481. The molecule has 4 aromatic rings. The van der Waals surface area contributed by atoms with E-state index in [4.69, 9.17) is 0 Å². The molecular formula is C44H52Si. The summed E-state index contributed by atoms with van der Waals surface area (Å²) in [6, 6.07) is 32.9. The topological polar surface area (TPSA) is 0 Å². The van der Waals surface area contributed by atoms with Gasteiger partial charge in [-0.25, -0.2) is 0 Å². The zero-order valence-corrected chi connectivity index (χ0v) is 30.2. The average molecular weight is 609 g/mol. The lowest BCUT2D eigenvalue weighted by Crippen LogP contribution is -2.44. The van der Waals surface area contributed by atoms with E-state index in [0.29, 0.717) is 34.8 Å². The number of rotatable bonds is 8. The van der Waals surface area contributed by atoms with Crippen molar-refractivity contribution < 1.29 is 0 Å². The molecule has 0 spiro atoms. The Hall–Kier alpha value is -3.42. The van der Waals surface area contributed by atoms with Gasteiger partial charge in [-0.05, 0) is 79.3 Å². The Balaban J connectivity index is 1.47. The lowest BCUT2D eigenvalue weighted by atomic mass is 9.94. The highest BCUT2D eigenvalue weighted by molar-refractivity contribution is 6.81. The SMILES string of the molecule is CC(C)C1=Cc2c(-c3ccc(C(C)C)cc3)cccc2C1[Si](C)(C)C1C(C(C)C)=Cc2c(-c3ccc(C(C)C)cc3)cccc21. The van der Waals surface area contributed by atoms with Crippen LogP contribution in [0, 0.1) is 11.8 Å². The maximum atomic E-state index is 2.69. The minimum Gasteiger partial charge on any atom is -0.0679 e. The molecule has 2 aliphatic rings. The molecule has 2 unspecified atom stereocenters. The van der Waals surface area contributed by atoms with E-state index in [1.165, 1.54) is 44.5 Å². The first kappa shape index (κ1) is 31.6. The van der Waals surface area contributed by atoms with Crippen molar-refractivity contribution in [1.82, 2.24) is 0 Å². The van der Waals surface area contributed by atoms with E-state index in [9.17, 15) is 0 Å². The van der Waals surface area contributed by atoms with E-state index in [-0.39, 0.29) is 0 Å². The largest absolute Gasteiger partial charge is 0.0722 e. The summed E-state index contributed by atoms with van der Waals surface area (Å²) in [7, 11) is -2.02. The number of hydrogen-bond donors (Lipinski definition) is 0. The third-order valence-electron chi connectivity index (χ3n) is 10.8. The highest BCUT2D eigenvalue weighted by Crippen LogP contribution is 2.56. The van der Waals surface area contributed by atoms with Gasteiger partial charge >= 0.3 is 0 Å². The molecule has 0 radical (unpaired) electrons. The Labute approximate surface area is 274 Å². The van der Waals surface area contributed by atoms with Gasteiger partial charge in [-0.15, -0.1) is 0 Å². The number of allylic oxidation sites excluding steroid dienone is 2. The molecule has 0 aromatic heterocycles. The molecule has 0 heterocycles. The van der Waals surface area contributed by atoms with Crippen molar-refractivity contribution in [2.75, 3.05) is 0 Å². The minimum atomic E-state index is -2.02. The van der Waals surface area contributed by atoms with Gasteiger partial charge in [-0.2, -0.15) is 0 Å². The third kappa shape index (κ3) is 5.52. The van der Waals surface area contributed by atoms with Crippen molar-refractivity contribution in [3.63, 3.8) is 0 Å². The van der Waals surface area contributed by atoms with Gasteiger partial charge in [0.25, 0.3) is 0 Å². The van der Waals surface area contributed by atoms with E-state index in [1.54, 1.807) is 22.3 Å². The monoisotopic (exact) mass is 608 g/mol. The van der Waals surface area contributed by atoms with E-state index < -0.39 is 8.07 Å². The smallest absolute Gasteiger partial charge is 0.0679 e. The van der Waals surface area contributed by atoms with Gasteiger partial charge in [0.15, 0.2) is 0 Å². The highest BCUT2D eigenvalue weighted by atomic mass is 28.3. The quantitative estimate of drug-likeness (QED) is 0.175. The maximum Gasteiger partial charge on any atom is 0.0722 e. The molecule has 0 aliphatic heterocycles. The van der Waals surface area contributed by atoms with Crippen LogP contribution < -0.4 is 0 Å².